The molecule has 1 aliphatic carbocycles. The molecule has 1 heterocycles. The molecule has 1 saturated carbocycles. The lowest BCUT2D eigenvalue weighted by atomic mass is 9.90. The summed E-state index contributed by atoms with van der Waals surface area (Å²) in [6, 6.07) is 14.2. The molecule has 1 fully saturated rings. The lowest BCUT2D eigenvalue weighted by Gasteiger charge is -2.32. The van der Waals surface area contributed by atoms with Crippen LogP contribution in [0.3, 0.4) is 0 Å². The molecular weight excluding hydrogens is 374 g/mol. The van der Waals surface area contributed by atoms with Crippen molar-refractivity contribution in [1.82, 2.24) is 4.31 Å². The summed E-state index contributed by atoms with van der Waals surface area (Å²) < 4.78 is 32.8. The highest BCUT2D eigenvalue weighted by Gasteiger charge is 2.40. The largest absolute Gasteiger partial charge is 0.465 e. The van der Waals surface area contributed by atoms with Gasteiger partial charge in [-0.25, -0.2) is 13.2 Å². The molecule has 4 rings (SSSR count). The first-order valence-corrected chi connectivity index (χ1v) is 10.8. The van der Waals surface area contributed by atoms with Gasteiger partial charge < -0.3 is 4.74 Å². The van der Waals surface area contributed by atoms with Gasteiger partial charge in [0.05, 0.1) is 17.6 Å². The number of fused-ring (bicyclic) bond motifs is 2. The Morgan fingerprint density at radius 2 is 1.71 bits per heavy atom. The summed E-state index contributed by atoms with van der Waals surface area (Å²) in [6.07, 6.45) is 4.45. The second kappa shape index (κ2) is 7.09. The van der Waals surface area contributed by atoms with E-state index >= 15 is 0 Å². The second-order valence-corrected chi connectivity index (χ2v) is 9.31. The van der Waals surface area contributed by atoms with Gasteiger partial charge in [-0.2, -0.15) is 0 Å². The number of hydrogen-bond donors (Lipinski definition) is 0. The van der Waals surface area contributed by atoms with Crippen molar-refractivity contribution in [2.45, 2.75) is 37.1 Å². The van der Waals surface area contributed by atoms with Crippen LogP contribution in [0, 0.1) is 12.8 Å². The number of methoxy groups -OCH3 is 1. The fourth-order valence-corrected chi connectivity index (χ4v) is 5.70. The molecule has 6 heteroatoms. The van der Waals surface area contributed by atoms with E-state index in [2.05, 4.69) is 0 Å². The average molecular weight is 397 g/mol. The quantitative estimate of drug-likeness (QED) is 0.732. The molecule has 0 amide bonds. The summed E-state index contributed by atoms with van der Waals surface area (Å²) in [5.41, 5.74) is 3.47. The Hall–Kier alpha value is -2.60. The third-order valence-corrected chi connectivity index (χ3v) is 7.53. The highest BCUT2D eigenvalue weighted by atomic mass is 32.2. The maximum absolute atomic E-state index is 13.3. The fourth-order valence-electron chi connectivity index (χ4n) is 4.14. The molecule has 2 aliphatic rings. The third kappa shape index (κ3) is 3.22. The van der Waals surface area contributed by atoms with E-state index < -0.39 is 10.0 Å². The molecule has 1 aliphatic heterocycles. The van der Waals surface area contributed by atoms with Gasteiger partial charge in [0.2, 0.25) is 0 Å². The van der Waals surface area contributed by atoms with Gasteiger partial charge in [0, 0.05) is 12.2 Å². The van der Waals surface area contributed by atoms with Crippen LogP contribution in [-0.4, -0.2) is 31.8 Å². The van der Waals surface area contributed by atoms with Crippen molar-refractivity contribution in [3.05, 3.63) is 71.4 Å². The van der Waals surface area contributed by atoms with Crippen LogP contribution in [0.1, 0.15) is 40.7 Å². The number of aryl methyl sites for hydroxylation is 1. The van der Waals surface area contributed by atoms with Crippen molar-refractivity contribution in [2.24, 2.45) is 5.92 Å². The van der Waals surface area contributed by atoms with Crippen LogP contribution >= 0.6 is 0 Å². The summed E-state index contributed by atoms with van der Waals surface area (Å²) in [4.78, 5) is 12.0. The SMILES string of the molecule is COC(=O)c1ccc(C2=CN(S(=O)(=O)c3ccc(C)cc3)[C@@H]3CC[C@H]2C3)cc1. The number of sulfonamides is 1. The van der Waals surface area contributed by atoms with Crippen LogP contribution in [0.25, 0.3) is 5.57 Å². The average Bonchev–Trinajstić information content (AvgIpc) is 3.10. The van der Waals surface area contributed by atoms with E-state index in [1.165, 1.54) is 7.11 Å². The van der Waals surface area contributed by atoms with Gasteiger partial charge in [-0.05, 0) is 67.5 Å². The lowest BCUT2D eigenvalue weighted by Crippen LogP contribution is -2.37. The minimum Gasteiger partial charge on any atom is -0.465 e. The molecule has 0 saturated heterocycles. The van der Waals surface area contributed by atoms with Gasteiger partial charge in [-0.1, -0.05) is 29.8 Å². The zero-order valence-corrected chi connectivity index (χ0v) is 16.8. The maximum Gasteiger partial charge on any atom is 0.337 e. The number of esters is 1. The molecule has 0 radical (unpaired) electrons. The number of ether oxygens (including phenoxy) is 1. The van der Waals surface area contributed by atoms with Gasteiger partial charge in [-0.15, -0.1) is 0 Å². The summed E-state index contributed by atoms with van der Waals surface area (Å²) in [7, 11) is -2.24. The van der Waals surface area contributed by atoms with E-state index in [0.717, 1.165) is 36.0 Å². The van der Waals surface area contributed by atoms with Crippen molar-refractivity contribution >= 4 is 21.6 Å². The zero-order valence-electron chi connectivity index (χ0n) is 16.0. The third-order valence-electron chi connectivity index (χ3n) is 5.71. The first kappa shape index (κ1) is 18.7. The number of allylic oxidation sites excluding steroid dienone is 1. The van der Waals surface area contributed by atoms with Crippen LogP contribution in [0.2, 0.25) is 0 Å². The van der Waals surface area contributed by atoms with Crippen LogP contribution in [0.5, 0.6) is 0 Å². The van der Waals surface area contributed by atoms with Gasteiger partial charge >= 0.3 is 5.97 Å². The normalized spacial score (nSPS) is 21.4. The van der Waals surface area contributed by atoms with Gasteiger partial charge in [0.1, 0.15) is 0 Å². The van der Waals surface area contributed by atoms with Gasteiger partial charge in [0.15, 0.2) is 0 Å². The van der Waals surface area contributed by atoms with Crippen molar-refractivity contribution in [1.29, 1.82) is 0 Å². The molecule has 5 nitrogen and oxygen atoms in total. The highest BCUT2D eigenvalue weighted by Crippen LogP contribution is 2.45. The molecule has 0 N–H and O–H groups in total. The number of nitrogens with zero attached hydrogens (tertiary/aromatic N) is 1. The molecule has 2 aromatic carbocycles. The Balaban J connectivity index is 1.71. The number of benzene rings is 2. The first-order chi connectivity index (χ1) is 13.4. The van der Waals surface area contributed by atoms with Gasteiger partial charge in [-0.3, -0.25) is 4.31 Å². The second-order valence-electron chi connectivity index (χ2n) is 7.47. The van der Waals surface area contributed by atoms with E-state index in [-0.39, 0.29) is 12.0 Å². The van der Waals surface area contributed by atoms with Crippen molar-refractivity contribution in [3.8, 4) is 0 Å². The van der Waals surface area contributed by atoms with Crippen LogP contribution in [0.15, 0.2) is 59.6 Å². The molecule has 28 heavy (non-hydrogen) atoms. The number of carbonyl (C=O) groups is 1. The first-order valence-electron chi connectivity index (χ1n) is 9.41. The van der Waals surface area contributed by atoms with E-state index in [4.69, 9.17) is 4.74 Å². The molecule has 0 aromatic heterocycles. The number of carbonyl (C=O) groups excluding carboxylic acids is 1. The molecule has 0 unspecified atom stereocenters. The monoisotopic (exact) mass is 397 g/mol. The predicted molar refractivity (Wildman–Crippen MR) is 107 cm³/mol. The van der Waals surface area contributed by atoms with E-state index in [1.54, 1.807) is 34.8 Å². The molecule has 2 atom stereocenters. The minimum atomic E-state index is -3.60. The molecular formula is C22H23NO4S. The number of rotatable bonds is 4. The van der Waals surface area contributed by atoms with Crippen molar-refractivity contribution in [3.63, 3.8) is 0 Å². The zero-order chi connectivity index (χ0) is 19.9. The topological polar surface area (TPSA) is 63.7 Å². The van der Waals surface area contributed by atoms with E-state index in [0.29, 0.717) is 16.4 Å². The fraction of sp³-hybridized carbons (Fsp3) is 0.318. The molecule has 146 valence electrons. The standard InChI is InChI=1S/C22H23NO4S/c1-15-3-11-20(12-4-15)28(25,26)23-14-21(18-9-10-19(23)13-18)16-5-7-17(8-6-16)22(24)27-2/h3-8,11-12,14,18-19H,9-10,13H2,1-2H3/t18-,19+/m0/s1. The Labute approximate surface area is 165 Å². The number of hydrogen-bond acceptors (Lipinski definition) is 4. The van der Waals surface area contributed by atoms with Crippen LogP contribution < -0.4 is 0 Å². The molecule has 2 aromatic rings. The Morgan fingerprint density at radius 1 is 1.04 bits per heavy atom. The van der Waals surface area contributed by atoms with E-state index in [9.17, 15) is 13.2 Å². The lowest BCUT2D eigenvalue weighted by molar-refractivity contribution is 0.0600. The summed E-state index contributed by atoms with van der Waals surface area (Å²) in [6.45, 7) is 1.94. The summed E-state index contributed by atoms with van der Waals surface area (Å²) in [5, 5.41) is 0. The maximum atomic E-state index is 13.3. The minimum absolute atomic E-state index is 0.00870. The van der Waals surface area contributed by atoms with Crippen molar-refractivity contribution in [2.75, 3.05) is 7.11 Å². The van der Waals surface area contributed by atoms with Crippen molar-refractivity contribution < 1.29 is 17.9 Å². The molecule has 0 spiro atoms. The Morgan fingerprint density at radius 3 is 2.36 bits per heavy atom. The summed E-state index contributed by atoms with van der Waals surface area (Å²) in [5.74, 6) is -0.0351. The van der Waals surface area contributed by atoms with Crippen LogP contribution in [0.4, 0.5) is 0 Å². The Bertz CT molecular complexity index is 1020. The highest BCUT2D eigenvalue weighted by molar-refractivity contribution is 7.89. The Kier molecular flexibility index (Phi) is 4.75. The smallest absolute Gasteiger partial charge is 0.337 e. The predicted octanol–water partition coefficient (Wildman–Crippen LogP) is 4.00. The van der Waals surface area contributed by atoms with E-state index in [1.807, 2.05) is 31.2 Å². The van der Waals surface area contributed by atoms with Crippen LogP contribution in [-0.2, 0) is 14.8 Å². The molecule has 2 bridgehead atoms. The summed E-state index contributed by atoms with van der Waals surface area (Å²) >= 11 is 0. The van der Waals surface area contributed by atoms with Gasteiger partial charge in [0.25, 0.3) is 10.0 Å².